The van der Waals surface area contributed by atoms with E-state index in [9.17, 15) is 0 Å². The number of benzene rings is 1. The predicted octanol–water partition coefficient (Wildman–Crippen LogP) is 3.51. The SMILES string of the molecule is CCNC(=NCC(c1cccc(OC)c1)N1CCCC1)NCCCCN(CC)CC. The summed E-state index contributed by atoms with van der Waals surface area (Å²) in [6.45, 7) is 14.9. The van der Waals surface area contributed by atoms with Crippen molar-refractivity contribution in [1.29, 1.82) is 0 Å². The highest BCUT2D eigenvalue weighted by atomic mass is 16.5. The topological polar surface area (TPSA) is 52.1 Å². The first-order valence-electron chi connectivity index (χ1n) is 11.8. The lowest BCUT2D eigenvalue weighted by Crippen LogP contribution is -2.39. The number of methoxy groups -OCH3 is 1. The van der Waals surface area contributed by atoms with E-state index in [1.54, 1.807) is 7.11 Å². The second kappa shape index (κ2) is 14.3. The molecule has 1 atom stereocenters. The molecule has 0 saturated carbocycles. The molecule has 0 spiro atoms. The molecule has 1 unspecified atom stereocenters. The van der Waals surface area contributed by atoms with Gasteiger partial charge in [0.15, 0.2) is 5.96 Å². The molecule has 1 fully saturated rings. The number of unbranched alkanes of at least 4 members (excludes halogenated alkanes) is 1. The van der Waals surface area contributed by atoms with Crippen LogP contribution in [0.3, 0.4) is 0 Å². The first-order valence-corrected chi connectivity index (χ1v) is 11.8. The summed E-state index contributed by atoms with van der Waals surface area (Å²) in [6, 6.07) is 8.75. The van der Waals surface area contributed by atoms with E-state index in [-0.39, 0.29) is 0 Å². The maximum Gasteiger partial charge on any atom is 0.191 e. The van der Waals surface area contributed by atoms with E-state index in [1.807, 2.05) is 6.07 Å². The van der Waals surface area contributed by atoms with E-state index in [2.05, 4.69) is 59.4 Å². The molecule has 6 nitrogen and oxygen atoms in total. The van der Waals surface area contributed by atoms with E-state index >= 15 is 0 Å². The quantitative estimate of drug-likeness (QED) is 0.292. The van der Waals surface area contributed by atoms with Gasteiger partial charge in [0.25, 0.3) is 0 Å². The minimum atomic E-state index is 0.292. The summed E-state index contributed by atoms with van der Waals surface area (Å²) < 4.78 is 5.46. The van der Waals surface area contributed by atoms with Gasteiger partial charge in [0, 0.05) is 13.1 Å². The third-order valence-electron chi connectivity index (χ3n) is 5.91. The highest BCUT2D eigenvalue weighted by Gasteiger charge is 2.23. The van der Waals surface area contributed by atoms with Gasteiger partial charge in [-0.3, -0.25) is 9.89 Å². The second-order valence-electron chi connectivity index (χ2n) is 7.92. The summed E-state index contributed by atoms with van der Waals surface area (Å²) in [4.78, 5) is 10.00. The van der Waals surface area contributed by atoms with E-state index in [0.29, 0.717) is 6.04 Å². The van der Waals surface area contributed by atoms with Crippen LogP contribution in [-0.2, 0) is 0 Å². The molecular formula is C24H43N5O. The Balaban J connectivity index is 1.95. The molecular weight excluding hydrogens is 374 g/mol. The van der Waals surface area contributed by atoms with Crippen molar-refractivity contribution < 1.29 is 4.74 Å². The highest BCUT2D eigenvalue weighted by Crippen LogP contribution is 2.27. The largest absolute Gasteiger partial charge is 0.497 e. The van der Waals surface area contributed by atoms with Gasteiger partial charge in [-0.05, 0) is 83.0 Å². The Morgan fingerprint density at radius 1 is 1.13 bits per heavy atom. The van der Waals surface area contributed by atoms with Crippen molar-refractivity contribution in [2.75, 3.05) is 59.5 Å². The average Bonchev–Trinajstić information content (AvgIpc) is 3.31. The third kappa shape index (κ3) is 8.15. The molecule has 1 heterocycles. The van der Waals surface area contributed by atoms with Crippen LogP contribution in [0.1, 0.15) is 58.1 Å². The summed E-state index contributed by atoms with van der Waals surface area (Å²) in [6.07, 6.45) is 4.92. The van der Waals surface area contributed by atoms with Crippen LogP contribution in [0, 0.1) is 0 Å². The smallest absolute Gasteiger partial charge is 0.191 e. The summed E-state index contributed by atoms with van der Waals surface area (Å²) in [5.74, 6) is 1.84. The van der Waals surface area contributed by atoms with Crippen molar-refractivity contribution in [1.82, 2.24) is 20.4 Å². The molecule has 2 N–H and O–H groups in total. The molecule has 0 aliphatic carbocycles. The van der Waals surface area contributed by atoms with Gasteiger partial charge in [-0.2, -0.15) is 0 Å². The van der Waals surface area contributed by atoms with Crippen LogP contribution in [0.2, 0.25) is 0 Å². The Labute approximate surface area is 184 Å². The van der Waals surface area contributed by atoms with Crippen LogP contribution in [0.5, 0.6) is 5.75 Å². The van der Waals surface area contributed by atoms with Gasteiger partial charge in [0.2, 0.25) is 0 Å². The Bertz CT molecular complexity index is 611. The lowest BCUT2D eigenvalue weighted by atomic mass is 10.1. The Morgan fingerprint density at radius 3 is 2.57 bits per heavy atom. The molecule has 1 aliphatic rings. The maximum atomic E-state index is 5.46. The van der Waals surface area contributed by atoms with Crippen molar-refractivity contribution in [3.05, 3.63) is 29.8 Å². The van der Waals surface area contributed by atoms with Crippen LogP contribution in [0.15, 0.2) is 29.3 Å². The van der Waals surface area contributed by atoms with Gasteiger partial charge in [0.1, 0.15) is 5.75 Å². The summed E-state index contributed by atoms with van der Waals surface area (Å²) in [7, 11) is 1.73. The predicted molar refractivity (Wildman–Crippen MR) is 128 cm³/mol. The zero-order valence-electron chi connectivity index (χ0n) is 19.6. The minimum Gasteiger partial charge on any atom is -0.497 e. The van der Waals surface area contributed by atoms with Gasteiger partial charge in [-0.25, -0.2) is 0 Å². The monoisotopic (exact) mass is 417 g/mol. The molecule has 0 radical (unpaired) electrons. The van der Waals surface area contributed by atoms with Gasteiger partial charge in [-0.1, -0.05) is 26.0 Å². The molecule has 0 bridgehead atoms. The van der Waals surface area contributed by atoms with E-state index in [4.69, 9.17) is 9.73 Å². The number of hydrogen-bond acceptors (Lipinski definition) is 4. The van der Waals surface area contributed by atoms with E-state index in [0.717, 1.165) is 63.9 Å². The molecule has 1 saturated heterocycles. The molecule has 30 heavy (non-hydrogen) atoms. The number of likely N-dealkylation sites (tertiary alicyclic amines) is 1. The Hall–Kier alpha value is -1.79. The Morgan fingerprint density at radius 2 is 1.90 bits per heavy atom. The number of aliphatic imine (C=N–C) groups is 1. The zero-order valence-corrected chi connectivity index (χ0v) is 19.6. The van der Waals surface area contributed by atoms with Crippen molar-refractivity contribution in [2.45, 2.75) is 52.5 Å². The standard InChI is InChI=1S/C24H43N5O/c1-5-25-24(26-15-8-9-16-28(6-2)7-3)27-20-23(29-17-10-11-18-29)21-13-12-14-22(19-21)30-4/h12-14,19,23H,5-11,15-18,20H2,1-4H3,(H2,25,26,27). The molecule has 170 valence electrons. The fraction of sp³-hybridized carbons (Fsp3) is 0.708. The molecule has 0 aromatic heterocycles. The molecule has 1 aromatic rings. The first kappa shape index (κ1) is 24.5. The molecule has 1 aromatic carbocycles. The fourth-order valence-corrected chi connectivity index (χ4v) is 4.06. The lowest BCUT2D eigenvalue weighted by Gasteiger charge is -2.27. The van der Waals surface area contributed by atoms with Crippen LogP contribution in [0.4, 0.5) is 0 Å². The van der Waals surface area contributed by atoms with Crippen LogP contribution >= 0.6 is 0 Å². The number of guanidine groups is 1. The first-order chi connectivity index (χ1) is 14.7. The minimum absolute atomic E-state index is 0.292. The maximum absolute atomic E-state index is 5.46. The van der Waals surface area contributed by atoms with Crippen molar-refractivity contribution in [3.8, 4) is 5.75 Å². The summed E-state index contributed by atoms with van der Waals surface area (Å²) in [5.41, 5.74) is 1.29. The van der Waals surface area contributed by atoms with E-state index < -0.39 is 0 Å². The number of hydrogen-bond donors (Lipinski definition) is 2. The van der Waals surface area contributed by atoms with Crippen molar-refractivity contribution in [2.24, 2.45) is 4.99 Å². The van der Waals surface area contributed by atoms with Gasteiger partial charge in [0.05, 0.1) is 19.7 Å². The average molecular weight is 418 g/mol. The normalized spacial score (nSPS) is 16.1. The van der Waals surface area contributed by atoms with E-state index in [1.165, 1.54) is 31.4 Å². The molecule has 6 heteroatoms. The van der Waals surface area contributed by atoms with Gasteiger partial charge in [-0.15, -0.1) is 0 Å². The number of nitrogens with zero attached hydrogens (tertiary/aromatic N) is 3. The van der Waals surface area contributed by atoms with Crippen LogP contribution < -0.4 is 15.4 Å². The highest BCUT2D eigenvalue weighted by molar-refractivity contribution is 5.79. The van der Waals surface area contributed by atoms with Crippen molar-refractivity contribution in [3.63, 3.8) is 0 Å². The number of rotatable bonds is 13. The molecule has 1 aliphatic heterocycles. The number of ether oxygens (including phenoxy) is 1. The third-order valence-corrected chi connectivity index (χ3v) is 5.91. The fourth-order valence-electron chi connectivity index (χ4n) is 4.06. The Kier molecular flexibility index (Phi) is 11.6. The molecule has 2 rings (SSSR count). The van der Waals surface area contributed by atoms with Crippen LogP contribution in [-0.4, -0.2) is 75.2 Å². The summed E-state index contributed by atoms with van der Waals surface area (Å²) >= 11 is 0. The second-order valence-corrected chi connectivity index (χ2v) is 7.92. The van der Waals surface area contributed by atoms with Crippen LogP contribution in [0.25, 0.3) is 0 Å². The lowest BCUT2D eigenvalue weighted by molar-refractivity contribution is 0.251. The summed E-state index contributed by atoms with van der Waals surface area (Å²) in [5, 5.41) is 6.94. The number of nitrogens with one attached hydrogen (secondary N) is 2. The van der Waals surface area contributed by atoms with Gasteiger partial charge < -0.3 is 20.3 Å². The van der Waals surface area contributed by atoms with Gasteiger partial charge >= 0.3 is 0 Å². The zero-order chi connectivity index (χ0) is 21.6. The van der Waals surface area contributed by atoms with Crippen molar-refractivity contribution >= 4 is 5.96 Å². The molecule has 0 amide bonds.